The summed E-state index contributed by atoms with van der Waals surface area (Å²) in [6.45, 7) is 0. The number of furan rings is 1. The lowest BCUT2D eigenvalue weighted by Gasteiger charge is -1.94. The van der Waals surface area contributed by atoms with Gasteiger partial charge in [-0.05, 0) is 6.08 Å². The highest BCUT2D eigenvalue weighted by atomic mass is 16.3. The Balaban J connectivity index is 2.43. The first-order valence-corrected chi connectivity index (χ1v) is 3.84. The number of fused-ring (bicyclic) bond motifs is 2. The van der Waals surface area contributed by atoms with E-state index >= 15 is 0 Å². The van der Waals surface area contributed by atoms with Crippen molar-refractivity contribution < 1.29 is 4.42 Å². The summed E-state index contributed by atoms with van der Waals surface area (Å²) in [6, 6.07) is 1.83. The number of aromatic nitrogens is 2. The molecule has 58 valence electrons. The molecule has 0 saturated heterocycles. The molecular weight excluding hydrogens is 152 g/mol. The highest BCUT2D eigenvalue weighted by Crippen LogP contribution is 2.19. The molecule has 0 N–H and O–H groups in total. The summed E-state index contributed by atoms with van der Waals surface area (Å²) in [7, 11) is 0. The van der Waals surface area contributed by atoms with Gasteiger partial charge in [0.2, 0.25) is 5.71 Å². The smallest absolute Gasteiger partial charge is 0.245 e. The number of rotatable bonds is 0. The maximum Gasteiger partial charge on any atom is 0.245 e. The first-order valence-electron chi connectivity index (χ1n) is 3.84. The van der Waals surface area contributed by atoms with Gasteiger partial charge in [-0.3, -0.25) is 0 Å². The van der Waals surface area contributed by atoms with Crippen LogP contribution in [0.25, 0.3) is 17.3 Å². The normalized spacial score (nSPS) is 14.0. The van der Waals surface area contributed by atoms with Crippen LogP contribution in [0.1, 0.15) is 11.4 Å². The third kappa shape index (κ3) is 0.652. The van der Waals surface area contributed by atoms with E-state index in [-0.39, 0.29) is 0 Å². The monoisotopic (exact) mass is 158 g/mol. The van der Waals surface area contributed by atoms with Crippen molar-refractivity contribution in [1.82, 2.24) is 9.97 Å². The van der Waals surface area contributed by atoms with Crippen molar-refractivity contribution in [1.29, 1.82) is 0 Å². The molecule has 3 heteroatoms. The summed E-state index contributed by atoms with van der Waals surface area (Å²) in [6.07, 6.45) is 6.54. The molecule has 0 saturated carbocycles. The zero-order valence-electron chi connectivity index (χ0n) is 6.32. The molecule has 1 aliphatic carbocycles. The zero-order valence-corrected chi connectivity index (χ0v) is 6.32. The minimum atomic E-state index is 0.637. The lowest BCUT2D eigenvalue weighted by atomic mass is 10.3. The van der Waals surface area contributed by atoms with Gasteiger partial charge in [-0.25, -0.2) is 9.97 Å². The van der Waals surface area contributed by atoms with Gasteiger partial charge in [0.05, 0.1) is 17.7 Å². The van der Waals surface area contributed by atoms with Gasteiger partial charge in [-0.2, -0.15) is 0 Å². The van der Waals surface area contributed by atoms with E-state index in [1.54, 1.807) is 6.26 Å². The zero-order chi connectivity index (χ0) is 7.97. The fourth-order valence-electron chi connectivity index (χ4n) is 1.40. The number of nitrogens with zero attached hydrogens (tertiary/aromatic N) is 2. The largest absolute Gasteiger partial charge is 0.445 e. The average Bonchev–Trinajstić information content (AvgIpc) is 2.64. The second-order valence-electron chi connectivity index (χ2n) is 2.77. The second-order valence-corrected chi connectivity index (χ2v) is 2.77. The Morgan fingerprint density at radius 3 is 3.33 bits per heavy atom. The molecule has 3 nitrogen and oxygen atoms in total. The Morgan fingerprint density at radius 2 is 2.33 bits per heavy atom. The van der Waals surface area contributed by atoms with Crippen molar-refractivity contribution in [3.63, 3.8) is 0 Å². The topological polar surface area (TPSA) is 38.9 Å². The van der Waals surface area contributed by atoms with E-state index in [9.17, 15) is 0 Å². The van der Waals surface area contributed by atoms with Crippen LogP contribution in [0, 0.1) is 0 Å². The predicted octanol–water partition coefficient (Wildman–Crippen LogP) is 1.79. The first-order chi connectivity index (χ1) is 5.93. The number of allylic oxidation sites excluding steroid dienone is 1. The highest BCUT2D eigenvalue weighted by Gasteiger charge is 2.10. The van der Waals surface area contributed by atoms with Crippen molar-refractivity contribution in [3.05, 3.63) is 29.8 Å². The average molecular weight is 158 g/mol. The lowest BCUT2D eigenvalue weighted by molar-refractivity contribution is 0.601. The van der Waals surface area contributed by atoms with Gasteiger partial charge in [-0.1, -0.05) is 6.08 Å². The van der Waals surface area contributed by atoms with Gasteiger partial charge in [-0.15, -0.1) is 0 Å². The van der Waals surface area contributed by atoms with Gasteiger partial charge in [0, 0.05) is 12.5 Å². The molecule has 0 bridgehead atoms. The quantitative estimate of drug-likeness (QED) is 0.586. The maximum absolute atomic E-state index is 5.14. The van der Waals surface area contributed by atoms with E-state index < -0.39 is 0 Å². The van der Waals surface area contributed by atoms with Crippen LogP contribution in [0.3, 0.4) is 0 Å². The Labute approximate surface area is 68.7 Å². The minimum Gasteiger partial charge on any atom is -0.445 e. The molecule has 0 fully saturated rings. The molecule has 2 aromatic heterocycles. The minimum absolute atomic E-state index is 0.637. The van der Waals surface area contributed by atoms with Crippen molar-refractivity contribution in [3.8, 4) is 0 Å². The van der Waals surface area contributed by atoms with Gasteiger partial charge >= 0.3 is 0 Å². The summed E-state index contributed by atoms with van der Waals surface area (Å²) in [4.78, 5) is 8.70. The molecule has 1 aliphatic rings. The molecule has 0 atom stereocenters. The van der Waals surface area contributed by atoms with Crippen LogP contribution in [-0.2, 0) is 6.42 Å². The number of hydrogen-bond donors (Lipinski definition) is 0. The molecule has 0 spiro atoms. The van der Waals surface area contributed by atoms with Crippen LogP contribution >= 0.6 is 0 Å². The van der Waals surface area contributed by atoms with Crippen LogP contribution in [0.4, 0.5) is 0 Å². The van der Waals surface area contributed by atoms with Crippen LogP contribution in [-0.4, -0.2) is 9.97 Å². The molecular formula is C9H6N2O. The van der Waals surface area contributed by atoms with Gasteiger partial charge < -0.3 is 4.42 Å². The molecule has 12 heavy (non-hydrogen) atoms. The summed E-state index contributed by atoms with van der Waals surface area (Å²) < 4.78 is 5.14. The van der Waals surface area contributed by atoms with E-state index in [1.165, 1.54) is 0 Å². The van der Waals surface area contributed by atoms with Gasteiger partial charge in [0.25, 0.3) is 0 Å². The van der Waals surface area contributed by atoms with E-state index in [4.69, 9.17) is 4.42 Å². The van der Waals surface area contributed by atoms with Gasteiger partial charge in [0.1, 0.15) is 5.52 Å². The van der Waals surface area contributed by atoms with Gasteiger partial charge in [0.15, 0.2) is 0 Å². The molecule has 0 amide bonds. The standard InChI is InChI=1S/C9H6N2O/c1-2-6-7(3-1)11-9-8(10-6)4-5-12-9/h1-2,4-5H,3H2. The fraction of sp³-hybridized carbons (Fsp3) is 0.111. The first kappa shape index (κ1) is 5.94. The molecule has 0 aromatic carbocycles. The van der Waals surface area contributed by atoms with E-state index in [0.717, 1.165) is 23.3 Å². The summed E-state index contributed by atoms with van der Waals surface area (Å²) >= 11 is 0. The third-order valence-corrected chi connectivity index (χ3v) is 1.98. The highest BCUT2D eigenvalue weighted by molar-refractivity contribution is 5.71. The fourth-order valence-corrected chi connectivity index (χ4v) is 1.40. The third-order valence-electron chi connectivity index (χ3n) is 1.98. The molecule has 2 heterocycles. The van der Waals surface area contributed by atoms with Crippen molar-refractivity contribution in [2.24, 2.45) is 0 Å². The molecule has 0 aliphatic heterocycles. The second kappa shape index (κ2) is 1.94. The van der Waals surface area contributed by atoms with Crippen molar-refractivity contribution >= 4 is 17.3 Å². The summed E-state index contributed by atoms with van der Waals surface area (Å²) in [5.74, 6) is 0. The Bertz CT molecular complexity index is 470. The number of hydrogen-bond acceptors (Lipinski definition) is 3. The van der Waals surface area contributed by atoms with Crippen LogP contribution < -0.4 is 0 Å². The van der Waals surface area contributed by atoms with E-state index in [0.29, 0.717) is 5.71 Å². The molecule has 3 rings (SSSR count). The lowest BCUT2D eigenvalue weighted by Crippen LogP contribution is -1.90. The SMILES string of the molecule is C1=Cc2nc3ccoc3nc2C1. The predicted molar refractivity (Wildman–Crippen MR) is 44.5 cm³/mol. The van der Waals surface area contributed by atoms with Crippen molar-refractivity contribution in [2.75, 3.05) is 0 Å². The van der Waals surface area contributed by atoms with Crippen LogP contribution in [0.2, 0.25) is 0 Å². The molecule has 0 radical (unpaired) electrons. The Hall–Kier alpha value is -1.64. The van der Waals surface area contributed by atoms with Crippen molar-refractivity contribution in [2.45, 2.75) is 6.42 Å². The molecule has 0 unspecified atom stereocenters. The Kier molecular flexibility index (Phi) is 0.961. The Morgan fingerprint density at radius 1 is 1.33 bits per heavy atom. The maximum atomic E-state index is 5.14. The molecule has 2 aromatic rings. The van der Waals surface area contributed by atoms with E-state index in [2.05, 4.69) is 16.0 Å². The van der Waals surface area contributed by atoms with Crippen LogP contribution in [0.15, 0.2) is 22.8 Å². The van der Waals surface area contributed by atoms with Crippen LogP contribution in [0.5, 0.6) is 0 Å². The summed E-state index contributed by atoms with van der Waals surface area (Å²) in [5.41, 5.74) is 3.46. The van der Waals surface area contributed by atoms with E-state index in [1.807, 2.05) is 12.1 Å². The summed E-state index contributed by atoms with van der Waals surface area (Å²) in [5, 5.41) is 0.